The third-order valence-electron chi connectivity index (χ3n) is 2.81. The van der Waals surface area contributed by atoms with Crippen LogP contribution >= 0.6 is 0 Å². The van der Waals surface area contributed by atoms with Gasteiger partial charge in [-0.25, -0.2) is 8.78 Å². The Hall–Kier alpha value is -1.16. The van der Waals surface area contributed by atoms with Crippen molar-refractivity contribution in [3.63, 3.8) is 0 Å². The molecule has 1 aromatic carbocycles. The molecule has 0 atom stereocenters. The highest BCUT2D eigenvalue weighted by molar-refractivity contribution is 5.47. The van der Waals surface area contributed by atoms with Crippen LogP contribution in [0.1, 0.15) is 12.8 Å². The predicted octanol–water partition coefficient (Wildman–Crippen LogP) is 2.15. The van der Waals surface area contributed by atoms with Crippen LogP contribution in [0.25, 0.3) is 0 Å². The number of halogens is 2. The van der Waals surface area contributed by atoms with Gasteiger partial charge in [0.1, 0.15) is 11.6 Å². The molecule has 1 aliphatic heterocycles. The largest absolute Gasteiger partial charge is 0.369 e. The first-order chi connectivity index (χ1) is 7.77. The molecule has 0 radical (unpaired) electrons. The van der Waals surface area contributed by atoms with E-state index < -0.39 is 11.6 Å². The summed E-state index contributed by atoms with van der Waals surface area (Å²) < 4.78 is 26.4. The zero-order valence-corrected chi connectivity index (χ0v) is 9.18. The van der Waals surface area contributed by atoms with E-state index in [9.17, 15) is 8.78 Å². The molecule has 1 saturated heterocycles. The van der Waals surface area contributed by atoms with Gasteiger partial charge in [-0.15, -0.1) is 0 Å². The molecule has 0 aliphatic carbocycles. The van der Waals surface area contributed by atoms with E-state index in [0.29, 0.717) is 5.69 Å². The molecule has 0 unspecified atom stereocenters. The Morgan fingerprint density at radius 2 is 1.75 bits per heavy atom. The van der Waals surface area contributed by atoms with Gasteiger partial charge in [-0.05, 0) is 38.1 Å². The van der Waals surface area contributed by atoms with E-state index in [1.807, 2.05) is 4.90 Å². The van der Waals surface area contributed by atoms with Crippen molar-refractivity contribution in [3.05, 3.63) is 29.8 Å². The van der Waals surface area contributed by atoms with Gasteiger partial charge in [0.25, 0.3) is 0 Å². The summed E-state index contributed by atoms with van der Waals surface area (Å²) in [4.78, 5) is 2.00. The van der Waals surface area contributed by atoms with E-state index in [0.717, 1.165) is 45.1 Å². The number of benzene rings is 1. The van der Waals surface area contributed by atoms with Crippen LogP contribution in [-0.2, 0) is 0 Å². The molecule has 2 nitrogen and oxygen atoms in total. The van der Waals surface area contributed by atoms with Crippen molar-refractivity contribution in [1.29, 1.82) is 0 Å². The SMILES string of the molecule is Fc1ccc(N2CCCNCCC2)c(F)c1. The molecule has 0 amide bonds. The molecular weight excluding hydrogens is 210 g/mol. The molecule has 88 valence electrons. The van der Waals surface area contributed by atoms with Gasteiger partial charge in [-0.3, -0.25) is 0 Å². The minimum Gasteiger partial charge on any atom is -0.369 e. The average Bonchev–Trinajstić information content (AvgIpc) is 2.19. The first kappa shape index (κ1) is 11.3. The van der Waals surface area contributed by atoms with Crippen molar-refractivity contribution in [2.24, 2.45) is 0 Å². The maximum atomic E-state index is 13.6. The van der Waals surface area contributed by atoms with Crippen LogP contribution in [0.2, 0.25) is 0 Å². The van der Waals surface area contributed by atoms with Gasteiger partial charge in [0.2, 0.25) is 0 Å². The molecule has 1 heterocycles. The number of hydrogen-bond donors (Lipinski definition) is 1. The van der Waals surface area contributed by atoms with Crippen LogP contribution < -0.4 is 10.2 Å². The van der Waals surface area contributed by atoms with Crippen molar-refractivity contribution >= 4 is 5.69 Å². The molecule has 0 bridgehead atoms. The van der Waals surface area contributed by atoms with Gasteiger partial charge in [-0.2, -0.15) is 0 Å². The predicted molar refractivity (Wildman–Crippen MR) is 60.7 cm³/mol. The molecule has 0 spiro atoms. The van der Waals surface area contributed by atoms with Crippen molar-refractivity contribution in [2.75, 3.05) is 31.1 Å². The third-order valence-corrected chi connectivity index (χ3v) is 2.81. The Morgan fingerprint density at radius 1 is 1.06 bits per heavy atom. The van der Waals surface area contributed by atoms with Crippen LogP contribution in [0.15, 0.2) is 18.2 Å². The summed E-state index contributed by atoms with van der Waals surface area (Å²) in [7, 11) is 0. The zero-order chi connectivity index (χ0) is 11.4. The smallest absolute Gasteiger partial charge is 0.149 e. The Morgan fingerprint density at radius 3 is 2.38 bits per heavy atom. The quantitative estimate of drug-likeness (QED) is 0.789. The highest BCUT2D eigenvalue weighted by atomic mass is 19.1. The van der Waals surface area contributed by atoms with Gasteiger partial charge >= 0.3 is 0 Å². The molecule has 4 heteroatoms. The van der Waals surface area contributed by atoms with Crippen LogP contribution in [0.4, 0.5) is 14.5 Å². The van der Waals surface area contributed by atoms with E-state index in [2.05, 4.69) is 5.32 Å². The Kier molecular flexibility index (Phi) is 3.72. The summed E-state index contributed by atoms with van der Waals surface area (Å²) in [5.74, 6) is -0.983. The summed E-state index contributed by atoms with van der Waals surface area (Å²) >= 11 is 0. The lowest BCUT2D eigenvalue weighted by molar-refractivity contribution is 0.547. The van der Waals surface area contributed by atoms with Crippen LogP contribution in [0.3, 0.4) is 0 Å². The van der Waals surface area contributed by atoms with Crippen molar-refractivity contribution in [1.82, 2.24) is 5.32 Å². The monoisotopic (exact) mass is 226 g/mol. The van der Waals surface area contributed by atoms with E-state index in [-0.39, 0.29) is 0 Å². The molecule has 1 aliphatic rings. The number of hydrogen-bond acceptors (Lipinski definition) is 2. The molecular formula is C12H16F2N2. The fraction of sp³-hybridized carbons (Fsp3) is 0.500. The van der Waals surface area contributed by atoms with E-state index in [1.165, 1.54) is 12.1 Å². The molecule has 16 heavy (non-hydrogen) atoms. The normalized spacial score (nSPS) is 18.0. The Labute approximate surface area is 94.3 Å². The summed E-state index contributed by atoms with van der Waals surface area (Å²) in [5.41, 5.74) is 0.517. The van der Waals surface area contributed by atoms with Crippen molar-refractivity contribution < 1.29 is 8.78 Å². The topological polar surface area (TPSA) is 15.3 Å². The lowest BCUT2D eigenvalue weighted by Gasteiger charge is -2.27. The minimum absolute atomic E-state index is 0.464. The molecule has 2 rings (SSSR count). The van der Waals surface area contributed by atoms with E-state index in [4.69, 9.17) is 0 Å². The Balaban J connectivity index is 2.14. The highest BCUT2D eigenvalue weighted by Gasteiger charge is 2.13. The second-order valence-electron chi connectivity index (χ2n) is 4.04. The van der Waals surface area contributed by atoms with E-state index >= 15 is 0 Å². The second-order valence-corrected chi connectivity index (χ2v) is 4.04. The van der Waals surface area contributed by atoms with Gasteiger partial charge < -0.3 is 10.2 Å². The molecule has 1 aromatic rings. The maximum absolute atomic E-state index is 13.6. The van der Waals surface area contributed by atoms with E-state index in [1.54, 1.807) is 0 Å². The standard InChI is InChI=1S/C12H16F2N2/c13-10-3-4-12(11(14)9-10)16-7-1-5-15-6-2-8-16/h3-4,9,15H,1-2,5-8H2. The molecule has 1 N–H and O–H groups in total. The summed E-state index contributed by atoms with van der Waals surface area (Å²) in [6, 6.07) is 3.79. The van der Waals surface area contributed by atoms with Gasteiger partial charge in [0.05, 0.1) is 5.69 Å². The first-order valence-corrected chi connectivity index (χ1v) is 5.68. The van der Waals surface area contributed by atoms with Crippen molar-refractivity contribution in [3.8, 4) is 0 Å². The molecule has 1 fully saturated rings. The van der Waals surface area contributed by atoms with Gasteiger partial charge in [-0.1, -0.05) is 0 Å². The first-order valence-electron chi connectivity index (χ1n) is 5.68. The number of rotatable bonds is 1. The summed E-state index contributed by atoms with van der Waals surface area (Å²) in [6.45, 7) is 3.55. The van der Waals surface area contributed by atoms with Gasteiger partial charge in [0.15, 0.2) is 0 Å². The summed E-state index contributed by atoms with van der Waals surface area (Å²) in [6.07, 6.45) is 1.97. The lowest BCUT2D eigenvalue weighted by Crippen LogP contribution is -2.34. The van der Waals surface area contributed by atoms with Gasteiger partial charge in [0, 0.05) is 19.2 Å². The number of nitrogens with zero attached hydrogens (tertiary/aromatic N) is 1. The lowest BCUT2D eigenvalue weighted by atomic mass is 10.2. The second kappa shape index (κ2) is 5.25. The third kappa shape index (κ3) is 2.70. The average molecular weight is 226 g/mol. The number of nitrogens with one attached hydrogen (secondary N) is 1. The Bertz CT molecular complexity index is 347. The fourth-order valence-corrected chi connectivity index (χ4v) is 2.01. The number of anilines is 1. The minimum atomic E-state index is -0.519. The fourth-order valence-electron chi connectivity index (χ4n) is 2.01. The zero-order valence-electron chi connectivity index (χ0n) is 9.18. The molecule has 0 aromatic heterocycles. The molecule has 0 saturated carbocycles. The van der Waals surface area contributed by atoms with Crippen LogP contribution in [-0.4, -0.2) is 26.2 Å². The van der Waals surface area contributed by atoms with Crippen LogP contribution in [0, 0.1) is 11.6 Å². The highest BCUT2D eigenvalue weighted by Crippen LogP contribution is 2.20. The maximum Gasteiger partial charge on any atom is 0.149 e. The van der Waals surface area contributed by atoms with Crippen molar-refractivity contribution in [2.45, 2.75) is 12.8 Å². The van der Waals surface area contributed by atoms with Crippen LogP contribution in [0.5, 0.6) is 0 Å². The summed E-state index contributed by atoms with van der Waals surface area (Å²) in [5, 5.41) is 3.30.